The fourth-order valence-corrected chi connectivity index (χ4v) is 2.52. The summed E-state index contributed by atoms with van der Waals surface area (Å²) < 4.78 is 4.97. The molecule has 0 saturated carbocycles. The number of thiazole rings is 1. The Morgan fingerprint density at radius 2 is 2.28 bits per heavy atom. The zero-order valence-electron chi connectivity index (χ0n) is 10.5. The van der Waals surface area contributed by atoms with Crippen molar-refractivity contribution in [2.45, 2.75) is 25.9 Å². The first-order valence-corrected chi connectivity index (χ1v) is 6.38. The van der Waals surface area contributed by atoms with Crippen molar-refractivity contribution in [1.82, 2.24) is 15.2 Å². The lowest BCUT2D eigenvalue weighted by atomic mass is 10.0. The van der Waals surface area contributed by atoms with Crippen molar-refractivity contribution < 1.29 is 14.3 Å². The van der Waals surface area contributed by atoms with E-state index in [0.717, 1.165) is 10.7 Å². The van der Waals surface area contributed by atoms with Gasteiger partial charge in [-0.2, -0.15) is 0 Å². The second-order valence-corrected chi connectivity index (χ2v) is 5.51. The van der Waals surface area contributed by atoms with Gasteiger partial charge in [-0.05, 0) is 13.8 Å². The van der Waals surface area contributed by atoms with Gasteiger partial charge in [-0.25, -0.2) is 9.78 Å². The summed E-state index contributed by atoms with van der Waals surface area (Å²) in [7, 11) is 1.50. The quantitative estimate of drug-likeness (QED) is 0.825. The van der Waals surface area contributed by atoms with E-state index >= 15 is 0 Å². The number of carbonyl (C=O) groups is 2. The molecule has 18 heavy (non-hydrogen) atoms. The molecule has 0 aliphatic carbocycles. The van der Waals surface area contributed by atoms with Gasteiger partial charge in [0.25, 0.3) is 5.91 Å². The molecule has 1 fully saturated rings. The van der Waals surface area contributed by atoms with Crippen molar-refractivity contribution >= 4 is 23.3 Å². The van der Waals surface area contributed by atoms with Gasteiger partial charge in [-0.3, -0.25) is 9.69 Å². The number of aromatic nitrogens is 1. The molecule has 0 bridgehead atoms. The average molecular weight is 269 g/mol. The number of nitrogens with zero attached hydrogens (tertiary/aromatic N) is 2. The van der Waals surface area contributed by atoms with Gasteiger partial charge in [-0.1, -0.05) is 0 Å². The number of methoxy groups -OCH3 is 1. The van der Waals surface area contributed by atoms with E-state index in [9.17, 15) is 9.59 Å². The van der Waals surface area contributed by atoms with Crippen molar-refractivity contribution in [1.29, 1.82) is 0 Å². The highest BCUT2D eigenvalue weighted by Gasteiger charge is 2.47. The van der Waals surface area contributed by atoms with E-state index in [1.165, 1.54) is 23.3 Å². The number of hydrogen-bond donors (Lipinski definition) is 1. The van der Waals surface area contributed by atoms with Crippen LogP contribution >= 0.6 is 11.3 Å². The van der Waals surface area contributed by atoms with Gasteiger partial charge in [0, 0.05) is 12.5 Å². The largest absolute Gasteiger partial charge is 0.382 e. The number of urea groups is 1. The zero-order chi connectivity index (χ0) is 13.3. The van der Waals surface area contributed by atoms with Gasteiger partial charge in [0.2, 0.25) is 0 Å². The molecule has 1 aliphatic rings. The molecule has 98 valence electrons. The highest BCUT2D eigenvalue weighted by atomic mass is 32.1. The number of carbonyl (C=O) groups excluding carboxylic acids is 2. The predicted molar refractivity (Wildman–Crippen MR) is 66.2 cm³/mol. The molecule has 1 saturated heterocycles. The van der Waals surface area contributed by atoms with Crippen molar-refractivity contribution in [3.63, 3.8) is 0 Å². The molecule has 7 heteroatoms. The molecule has 2 rings (SSSR count). The maximum Gasteiger partial charge on any atom is 0.325 e. The summed E-state index contributed by atoms with van der Waals surface area (Å²) in [5.74, 6) is -0.278. The van der Waals surface area contributed by atoms with Crippen LogP contribution < -0.4 is 5.32 Å². The molecule has 6 nitrogen and oxygen atoms in total. The van der Waals surface area contributed by atoms with Crippen LogP contribution in [0.25, 0.3) is 0 Å². The van der Waals surface area contributed by atoms with Crippen LogP contribution in [0.4, 0.5) is 4.79 Å². The van der Waals surface area contributed by atoms with Gasteiger partial charge in [0.05, 0.1) is 23.9 Å². The Bertz CT molecular complexity index is 488. The predicted octanol–water partition coefficient (Wildman–Crippen LogP) is 0.908. The number of ether oxygens (including phenoxy) is 1. The summed E-state index contributed by atoms with van der Waals surface area (Å²) in [6, 6.07) is -0.398. The van der Waals surface area contributed by atoms with Crippen LogP contribution in [0.5, 0.6) is 0 Å². The summed E-state index contributed by atoms with van der Waals surface area (Å²) in [4.78, 5) is 29.4. The number of hydrogen-bond acceptors (Lipinski definition) is 5. The summed E-state index contributed by atoms with van der Waals surface area (Å²) >= 11 is 1.49. The van der Waals surface area contributed by atoms with Crippen LogP contribution in [0.2, 0.25) is 0 Å². The Morgan fingerprint density at radius 1 is 1.56 bits per heavy atom. The Kier molecular flexibility index (Phi) is 3.36. The van der Waals surface area contributed by atoms with E-state index in [2.05, 4.69) is 10.3 Å². The second kappa shape index (κ2) is 4.66. The van der Waals surface area contributed by atoms with Gasteiger partial charge in [0.15, 0.2) is 0 Å². The molecule has 1 aliphatic heterocycles. The van der Waals surface area contributed by atoms with Crippen LogP contribution in [0.1, 0.15) is 17.6 Å². The molecular weight excluding hydrogens is 254 g/mol. The zero-order valence-corrected chi connectivity index (χ0v) is 11.3. The maximum atomic E-state index is 12.2. The molecule has 0 aromatic carbocycles. The second-order valence-electron chi connectivity index (χ2n) is 4.44. The van der Waals surface area contributed by atoms with Crippen molar-refractivity contribution in [3.8, 4) is 0 Å². The normalized spacial score (nSPS) is 23.6. The Balaban J connectivity index is 2.14. The maximum absolute atomic E-state index is 12.2. The van der Waals surface area contributed by atoms with Gasteiger partial charge < -0.3 is 10.1 Å². The van der Waals surface area contributed by atoms with E-state index in [1.807, 2.05) is 12.3 Å². The minimum Gasteiger partial charge on any atom is -0.382 e. The monoisotopic (exact) mass is 269 g/mol. The standard InChI is InChI=1S/C11H15N3O3S/c1-7-12-8(5-18-7)4-14-9(15)11(2,6-17-3)13-10(14)16/h5H,4,6H2,1-3H3,(H,13,16). The topological polar surface area (TPSA) is 71.5 Å². The lowest BCUT2D eigenvalue weighted by molar-refractivity contribution is -0.132. The van der Waals surface area contributed by atoms with E-state index in [4.69, 9.17) is 4.74 Å². The number of nitrogens with one attached hydrogen (secondary N) is 1. The Labute approximate surface area is 109 Å². The first kappa shape index (κ1) is 13.0. The molecule has 2 heterocycles. The molecule has 3 amide bonds. The summed E-state index contributed by atoms with van der Waals surface area (Å²) in [6.45, 7) is 3.90. The van der Waals surface area contributed by atoms with Crippen LogP contribution in [-0.2, 0) is 16.1 Å². The Morgan fingerprint density at radius 3 is 2.83 bits per heavy atom. The molecule has 1 unspecified atom stereocenters. The third-order valence-corrected chi connectivity index (χ3v) is 3.59. The SMILES string of the molecule is COCC1(C)NC(=O)N(Cc2csc(C)n2)C1=O. The van der Waals surface area contributed by atoms with Crippen LogP contribution in [-0.4, -0.2) is 41.1 Å². The van der Waals surface area contributed by atoms with E-state index in [0.29, 0.717) is 0 Å². The number of rotatable bonds is 4. The third kappa shape index (κ3) is 2.23. The first-order chi connectivity index (χ1) is 8.46. The number of imide groups is 1. The lowest BCUT2D eigenvalue weighted by Crippen LogP contribution is -2.47. The molecule has 0 spiro atoms. The summed E-state index contributed by atoms with van der Waals surface area (Å²) in [6.07, 6.45) is 0. The Hall–Kier alpha value is -1.47. The summed E-state index contributed by atoms with van der Waals surface area (Å²) in [5.41, 5.74) is -0.251. The average Bonchev–Trinajstić information content (AvgIpc) is 2.78. The molecule has 1 atom stereocenters. The molecule has 1 aromatic rings. The van der Waals surface area contributed by atoms with Crippen molar-refractivity contribution in [2.75, 3.05) is 13.7 Å². The van der Waals surface area contributed by atoms with E-state index in [-0.39, 0.29) is 19.1 Å². The van der Waals surface area contributed by atoms with Gasteiger partial charge in [-0.15, -0.1) is 11.3 Å². The van der Waals surface area contributed by atoms with E-state index < -0.39 is 11.6 Å². The highest BCUT2D eigenvalue weighted by molar-refractivity contribution is 7.09. The first-order valence-electron chi connectivity index (χ1n) is 5.50. The van der Waals surface area contributed by atoms with Crippen LogP contribution in [0, 0.1) is 6.92 Å². The smallest absolute Gasteiger partial charge is 0.325 e. The minimum absolute atomic E-state index is 0.157. The van der Waals surface area contributed by atoms with Gasteiger partial charge in [0.1, 0.15) is 5.54 Å². The fourth-order valence-electron chi connectivity index (χ4n) is 1.92. The van der Waals surface area contributed by atoms with Gasteiger partial charge >= 0.3 is 6.03 Å². The van der Waals surface area contributed by atoms with Crippen LogP contribution in [0.15, 0.2) is 5.38 Å². The van der Waals surface area contributed by atoms with E-state index in [1.54, 1.807) is 6.92 Å². The highest BCUT2D eigenvalue weighted by Crippen LogP contribution is 2.20. The van der Waals surface area contributed by atoms with Crippen molar-refractivity contribution in [2.24, 2.45) is 0 Å². The third-order valence-electron chi connectivity index (χ3n) is 2.76. The van der Waals surface area contributed by atoms with Crippen molar-refractivity contribution in [3.05, 3.63) is 16.1 Å². The lowest BCUT2D eigenvalue weighted by Gasteiger charge is -2.20. The number of amides is 3. The molecule has 0 radical (unpaired) electrons. The van der Waals surface area contributed by atoms with Crippen LogP contribution in [0.3, 0.4) is 0 Å². The molecule has 1 aromatic heterocycles. The fraction of sp³-hybridized carbons (Fsp3) is 0.545. The molecular formula is C11H15N3O3S. The molecule has 1 N–H and O–H groups in total. The minimum atomic E-state index is -0.975. The summed E-state index contributed by atoms with van der Waals surface area (Å²) in [5, 5.41) is 5.41. The number of aryl methyl sites for hydroxylation is 1.